The van der Waals surface area contributed by atoms with Crippen molar-refractivity contribution in [3.63, 3.8) is 0 Å². The Balaban J connectivity index is 2.13. The summed E-state index contributed by atoms with van der Waals surface area (Å²) in [5.41, 5.74) is 7.13. The monoisotopic (exact) mass is 279 g/mol. The molecule has 0 unspecified atom stereocenters. The van der Waals surface area contributed by atoms with Crippen LogP contribution in [0, 0.1) is 5.92 Å². The molecule has 0 spiro atoms. The first kappa shape index (κ1) is 15.1. The topological polar surface area (TPSA) is 64.7 Å². The van der Waals surface area contributed by atoms with Gasteiger partial charge in [0.2, 0.25) is 0 Å². The fourth-order valence-corrected chi connectivity index (χ4v) is 3.03. The molecule has 0 heterocycles. The summed E-state index contributed by atoms with van der Waals surface area (Å²) in [5.74, 6) is 1.64. The molecule has 1 fully saturated rings. The zero-order valence-corrected chi connectivity index (χ0v) is 12.3. The number of hydrogen-bond donors (Lipinski definition) is 2. The molecule has 1 aliphatic carbocycles. The molecule has 0 amide bonds. The lowest BCUT2D eigenvalue weighted by Gasteiger charge is -2.30. The Morgan fingerprint density at radius 2 is 1.75 bits per heavy atom. The molecule has 0 aromatic heterocycles. The standard InChI is InChI=1S/C16H25NO3/c1-19-13-9-8-12(10-14(13)20-2)15(17)16(18)11-6-4-3-5-7-11/h8-11,15-16,18H,3-7,17H2,1-2H3/t15-,16+/m0/s1. The van der Waals surface area contributed by atoms with Gasteiger partial charge in [-0.3, -0.25) is 0 Å². The number of methoxy groups -OCH3 is 2. The van der Waals surface area contributed by atoms with E-state index in [1.807, 2.05) is 18.2 Å². The van der Waals surface area contributed by atoms with Gasteiger partial charge in [0.15, 0.2) is 11.5 Å². The minimum Gasteiger partial charge on any atom is -0.493 e. The molecule has 2 atom stereocenters. The Morgan fingerprint density at radius 1 is 1.10 bits per heavy atom. The number of benzene rings is 1. The lowest BCUT2D eigenvalue weighted by Crippen LogP contribution is -2.34. The highest BCUT2D eigenvalue weighted by Gasteiger charge is 2.28. The molecule has 1 aromatic carbocycles. The maximum atomic E-state index is 10.5. The number of nitrogens with two attached hydrogens (primary N) is 1. The Labute approximate surface area is 120 Å². The molecule has 2 rings (SSSR count). The molecule has 4 heteroatoms. The van der Waals surface area contributed by atoms with Crippen LogP contribution in [0.5, 0.6) is 11.5 Å². The van der Waals surface area contributed by atoms with E-state index in [2.05, 4.69) is 0 Å². The first-order valence-corrected chi connectivity index (χ1v) is 7.33. The molecule has 0 bridgehead atoms. The summed E-state index contributed by atoms with van der Waals surface area (Å²) in [6.45, 7) is 0. The maximum Gasteiger partial charge on any atom is 0.161 e. The van der Waals surface area contributed by atoms with Gasteiger partial charge in [0, 0.05) is 0 Å². The predicted octanol–water partition coefficient (Wildman–Crippen LogP) is 2.64. The van der Waals surface area contributed by atoms with Crippen molar-refractivity contribution in [1.82, 2.24) is 0 Å². The van der Waals surface area contributed by atoms with Gasteiger partial charge >= 0.3 is 0 Å². The maximum absolute atomic E-state index is 10.5. The zero-order valence-electron chi connectivity index (χ0n) is 12.3. The van der Waals surface area contributed by atoms with Crippen molar-refractivity contribution in [3.8, 4) is 11.5 Å². The second kappa shape index (κ2) is 6.95. The Bertz CT molecular complexity index is 430. The third-order valence-corrected chi connectivity index (χ3v) is 4.29. The van der Waals surface area contributed by atoms with Gasteiger partial charge < -0.3 is 20.3 Å². The normalized spacial score (nSPS) is 19.4. The van der Waals surface area contributed by atoms with Crippen LogP contribution in [0.1, 0.15) is 43.7 Å². The van der Waals surface area contributed by atoms with Crippen LogP contribution >= 0.6 is 0 Å². The highest BCUT2D eigenvalue weighted by Crippen LogP contribution is 2.34. The van der Waals surface area contributed by atoms with Crippen LogP contribution in [0.15, 0.2) is 18.2 Å². The fourth-order valence-electron chi connectivity index (χ4n) is 3.03. The molecular weight excluding hydrogens is 254 g/mol. The van der Waals surface area contributed by atoms with Crippen molar-refractivity contribution in [3.05, 3.63) is 23.8 Å². The summed E-state index contributed by atoms with van der Waals surface area (Å²) in [6, 6.07) is 5.22. The van der Waals surface area contributed by atoms with E-state index in [0.29, 0.717) is 17.4 Å². The summed E-state index contributed by atoms with van der Waals surface area (Å²) >= 11 is 0. The van der Waals surface area contributed by atoms with Crippen LogP contribution in [-0.2, 0) is 0 Å². The lowest BCUT2D eigenvalue weighted by atomic mass is 9.81. The van der Waals surface area contributed by atoms with Crippen molar-refractivity contribution < 1.29 is 14.6 Å². The van der Waals surface area contributed by atoms with Crippen molar-refractivity contribution in [2.75, 3.05) is 14.2 Å². The predicted molar refractivity (Wildman–Crippen MR) is 79.1 cm³/mol. The first-order valence-electron chi connectivity index (χ1n) is 7.33. The Hall–Kier alpha value is -1.26. The molecule has 1 aromatic rings. The van der Waals surface area contributed by atoms with E-state index in [1.54, 1.807) is 14.2 Å². The number of aliphatic hydroxyl groups is 1. The van der Waals surface area contributed by atoms with E-state index in [1.165, 1.54) is 19.3 Å². The molecule has 1 saturated carbocycles. The van der Waals surface area contributed by atoms with Crippen molar-refractivity contribution in [2.24, 2.45) is 11.7 Å². The molecule has 1 aliphatic rings. The van der Waals surface area contributed by atoms with Crippen molar-refractivity contribution >= 4 is 0 Å². The summed E-state index contributed by atoms with van der Waals surface area (Å²) < 4.78 is 10.5. The number of aliphatic hydroxyl groups excluding tert-OH is 1. The van der Waals surface area contributed by atoms with Crippen LogP contribution in [0.25, 0.3) is 0 Å². The van der Waals surface area contributed by atoms with Crippen LogP contribution in [-0.4, -0.2) is 25.4 Å². The smallest absolute Gasteiger partial charge is 0.161 e. The van der Waals surface area contributed by atoms with E-state index < -0.39 is 6.10 Å². The van der Waals surface area contributed by atoms with Gasteiger partial charge in [0.1, 0.15) is 0 Å². The van der Waals surface area contributed by atoms with Crippen LogP contribution in [0.3, 0.4) is 0 Å². The lowest BCUT2D eigenvalue weighted by molar-refractivity contribution is 0.0617. The summed E-state index contributed by atoms with van der Waals surface area (Å²) in [4.78, 5) is 0. The highest BCUT2D eigenvalue weighted by atomic mass is 16.5. The highest BCUT2D eigenvalue weighted by molar-refractivity contribution is 5.44. The van der Waals surface area contributed by atoms with E-state index >= 15 is 0 Å². The van der Waals surface area contributed by atoms with Gasteiger partial charge in [0.25, 0.3) is 0 Å². The molecule has 0 saturated heterocycles. The molecule has 0 aliphatic heterocycles. The molecule has 3 N–H and O–H groups in total. The average molecular weight is 279 g/mol. The van der Waals surface area contributed by atoms with Gasteiger partial charge in [-0.1, -0.05) is 25.3 Å². The fraction of sp³-hybridized carbons (Fsp3) is 0.625. The molecule has 0 radical (unpaired) electrons. The van der Waals surface area contributed by atoms with Crippen LogP contribution in [0.2, 0.25) is 0 Å². The van der Waals surface area contributed by atoms with Gasteiger partial charge in [-0.2, -0.15) is 0 Å². The third-order valence-electron chi connectivity index (χ3n) is 4.29. The van der Waals surface area contributed by atoms with Crippen molar-refractivity contribution in [1.29, 1.82) is 0 Å². The second-order valence-electron chi connectivity index (χ2n) is 5.53. The molecule has 4 nitrogen and oxygen atoms in total. The zero-order chi connectivity index (χ0) is 14.5. The number of ether oxygens (including phenoxy) is 2. The first-order chi connectivity index (χ1) is 9.67. The molecule has 20 heavy (non-hydrogen) atoms. The number of rotatable bonds is 5. The van der Waals surface area contributed by atoms with E-state index in [9.17, 15) is 5.11 Å². The van der Waals surface area contributed by atoms with E-state index in [4.69, 9.17) is 15.2 Å². The Kier molecular flexibility index (Phi) is 5.26. The van der Waals surface area contributed by atoms with E-state index in [0.717, 1.165) is 18.4 Å². The van der Waals surface area contributed by atoms with Crippen LogP contribution in [0.4, 0.5) is 0 Å². The van der Waals surface area contributed by atoms with E-state index in [-0.39, 0.29) is 6.04 Å². The Morgan fingerprint density at radius 3 is 2.35 bits per heavy atom. The molecular formula is C16H25NO3. The summed E-state index contributed by atoms with van der Waals surface area (Å²) in [6.07, 6.45) is 5.31. The summed E-state index contributed by atoms with van der Waals surface area (Å²) in [7, 11) is 3.21. The van der Waals surface area contributed by atoms with Crippen molar-refractivity contribution in [2.45, 2.75) is 44.2 Å². The SMILES string of the molecule is COc1ccc([C@H](N)[C@H](O)C2CCCCC2)cc1OC. The van der Waals surface area contributed by atoms with Gasteiger partial charge in [0.05, 0.1) is 26.4 Å². The van der Waals surface area contributed by atoms with Gasteiger partial charge in [-0.15, -0.1) is 0 Å². The second-order valence-corrected chi connectivity index (χ2v) is 5.53. The van der Waals surface area contributed by atoms with Gasteiger partial charge in [-0.25, -0.2) is 0 Å². The average Bonchev–Trinajstić information content (AvgIpc) is 2.53. The van der Waals surface area contributed by atoms with Gasteiger partial charge in [-0.05, 0) is 36.5 Å². The minimum absolute atomic E-state index is 0.312. The van der Waals surface area contributed by atoms with Crippen LogP contribution < -0.4 is 15.2 Å². The summed E-state index contributed by atoms with van der Waals surface area (Å²) in [5, 5.41) is 10.5. The minimum atomic E-state index is -0.492. The number of hydrogen-bond acceptors (Lipinski definition) is 4. The quantitative estimate of drug-likeness (QED) is 0.869. The third kappa shape index (κ3) is 3.25. The largest absolute Gasteiger partial charge is 0.493 e. The molecule has 112 valence electrons.